The standard InChI is InChI=1S/C21H27N7/c1-13(15-7-8-15)22-20-25-19(26-21(27-20)23-14(2)16-9-10-16)17-5-3-6-18(24-17)28-11-4-12-28/h3,5-6,13,15-16H,4,7-12H2,1-2H3,(H,22,25,26,27)/t13-/m1/s1. The number of hydrogen-bond acceptors (Lipinski definition) is 7. The first-order chi connectivity index (χ1) is 13.7. The molecular formula is C21H27N7. The van der Waals surface area contributed by atoms with Crippen LogP contribution in [0.15, 0.2) is 23.2 Å². The molecule has 5 rings (SSSR count). The molecule has 1 aliphatic heterocycles. The fraction of sp³-hybridized carbons (Fsp3) is 0.571. The zero-order valence-electron chi connectivity index (χ0n) is 16.6. The van der Waals surface area contributed by atoms with E-state index in [-0.39, 0.29) is 0 Å². The maximum absolute atomic E-state index is 4.80. The fourth-order valence-corrected chi connectivity index (χ4v) is 3.53. The second kappa shape index (κ2) is 7.11. The largest absolute Gasteiger partial charge is 0.356 e. The zero-order valence-corrected chi connectivity index (χ0v) is 16.6. The molecule has 3 heterocycles. The van der Waals surface area contributed by atoms with Gasteiger partial charge in [0.25, 0.3) is 5.95 Å². The molecule has 1 atom stereocenters. The second-order valence-electron chi connectivity index (χ2n) is 8.30. The lowest BCUT2D eigenvalue weighted by Gasteiger charge is -2.32. The summed E-state index contributed by atoms with van der Waals surface area (Å²) in [5.74, 6) is 3.97. The SMILES string of the molecule is CC(=Nc1nc(N[C@H](C)C2CC2)nc(-c2cccc(N3CCC3)n2)n1)C1CC1. The van der Waals surface area contributed by atoms with Gasteiger partial charge in [0.1, 0.15) is 11.5 Å². The third-order valence-corrected chi connectivity index (χ3v) is 5.90. The van der Waals surface area contributed by atoms with Crippen molar-refractivity contribution >= 4 is 23.4 Å². The van der Waals surface area contributed by atoms with E-state index in [0.717, 1.165) is 30.3 Å². The predicted molar refractivity (Wildman–Crippen MR) is 111 cm³/mol. The third kappa shape index (κ3) is 3.84. The highest BCUT2D eigenvalue weighted by Crippen LogP contribution is 2.34. The molecule has 2 saturated carbocycles. The van der Waals surface area contributed by atoms with Gasteiger partial charge in [-0.3, -0.25) is 0 Å². The van der Waals surface area contributed by atoms with E-state index in [0.29, 0.717) is 35.6 Å². The zero-order chi connectivity index (χ0) is 19.1. The van der Waals surface area contributed by atoms with E-state index in [9.17, 15) is 0 Å². The smallest absolute Gasteiger partial charge is 0.254 e. The van der Waals surface area contributed by atoms with Crippen molar-refractivity contribution in [3.8, 4) is 11.5 Å². The minimum atomic E-state index is 0.358. The highest BCUT2D eigenvalue weighted by atomic mass is 15.2. The first-order valence-electron chi connectivity index (χ1n) is 10.5. The van der Waals surface area contributed by atoms with Crippen LogP contribution in [0.25, 0.3) is 11.5 Å². The van der Waals surface area contributed by atoms with Gasteiger partial charge in [-0.1, -0.05) is 6.07 Å². The van der Waals surface area contributed by atoms with Crippen molar-refractivity contribution in [3.05, 3.63) is 18.2 Å². The highest BCUT2D eigenvalue weighted by Gasteiger charge is 2.29. The Kier molecular flexibility index (Phi) is 4.45. The molecule has 0 aromatic carbocycles. The molecule has 7 heteroatoms. The summed E-state index contributed by atoms with van der Waals surface area (Å²) >= 11 is 0. The van der Waals surface area contributed by atoms with Gasteiger partial charge in [0, 0.05) is 24.8 Å². The van der Waals surface area contributed by atoms with Crippen LogP contribution in [0.5, 0.6) is 0 Å². The van der Waals surface area contributed by atoms with Crippen molar-refractivity contribution in [2.24, 2.45) is 16.8 Å². The van der Waals surface area contributed by atoms with Crippen LogP contribution in [0.3, 0.4) is 0 Å². The van der Waals surface area contributed by atoms with Gasteiger partial charge >= 0.3 is 0 Å². The lowest BCUT2D eigenvalue weighted by molar-refractivity contribution is 0.610. The molecule has 2 aromatic heterocycles. The van der Waals surface area contributed by atoms with E-state index in [1.807, 2.05) is 12.1 Å². The Bertz CT molecular complexity index is 897. The lowest BCUT2D eigenvalue weighted by Crippen LogP contribution is -2.37. The molecular weight excluding hydrogens is 350 g/mol. The summed E-state index contributed by atoms with van der Waals surface area (Å²) in [6, 6.07) is 6.40. The topological polar surface area (TPSA) is 79.2 Å². The van der Waals surface area contributed by atoms with Gasteiger partial charge in [-0.2, -0.15) is 15.0 Å². The van der Waals surface area contributed by atoms with E-state index in [1.165, 1.54) is 32.1 Å². The van der Waals surface area contributed by atoms with Gasteiger partial charge in [0.2, 0.25) is 5.95 Å². The molecule has 3 fully saturated rings. The number of rotatable bonds is 7. The Morgan fingerprint density at radius 3 is 2.61 bits per heavy atom. The van der Waals surface area contributed by atoms with Crippen molar-refractivity contribution in [2.45, 2.75) is 52.0 Å². The van der Waals surface area contributed by atoms with Crippen LogP contribution in [0, 0.1) is 11.8 Å². The molecule has 146 valence electrons. The summed E-state index contributed by atoms with van der Waals surface area (Å²) in [5.41, 5.74) is 1.88. The highest BCUT2D eigenvalue weighted by molar-refractivity contribution is 5.88. The number of aromatic nitrogens is 4. The molecule has 0 unspecified atom stereocenters. The van der Waals surface area contributed by atoms with Crippen LogP contribution < -0.4 is 10.2 Å². The van der Waals surface area contributed by atoms with Crippen molar-refractivity contribution in [3.63, 3.8) is 0 Å². The molecule has 2 aliphatic carbocycles. The number of hydrogen-bond donors (Lipinski definition) is 1. The Morgan fingerprint density at radius 1 is 1.11 bits per heavy atom. The average Bonchev–Trinajstić information content (AvgIpc) is 3.53. The molecule has 0 amide bonds. The number of nitrogens with one attached hydrogen (secondary N) is 1. The van der Waals surface area contributed by atoms with E-state index in [4.69, 9.17) is 9.98 Å². The third-order valence-electron chi connectivity index (χ3n) is 5.90. The minimum absolute atomic E-state index is 0.358. The Balaban J connectivity index is 1.49. The molecule has 0 spiro atoms. The summed E-state index contributed by atoms with van der Waals surface area (Å²) in [4.78, 5) is 25.7. The lowest BCUT2D eigenvalue weighted by atomic mass is 10.2. The molecule has 1 N–H and O–H groups in total. The van der Waals surface area contributed by atoms with E-state index < -0.39 is 0 Å². The molecule has 0 radical (unpaired) electrons. The summed E-state index contributed by atoms with van der Waals surface area (Å²) in [7, 11) is 0. The normalized spacial score (nSPS) is 20.6. The van der Waals surface area contributed by atoms with Crippen LogP contribution in [-0.4, -0.2) is 44.8 Å². The number of aliphatic imine (C=N–C) groups is 1. The summed E-state index contributed by atoms with van der Waals surface area (Å²) in [5, 5.41) is 3.46. The van der Waals surface area contributed by atoms with Crippen molar-refractivity contribution < 1.29 is 0 Å². The first-order valence-corrected chi connectivity index (χ1v) is 10.5. The van der Waals surface area contributed by atoms with Crippen molar-refractivity contribution in [1.29, 1.82) is 0 Å². The van der Waals surface area contributed by atoms with Crippen LogP contribution in [0.4, 0.5) is 17.7 Å². The molecule has 3 aliphatic rings. The van der Waals surface area contributed by atoms with Gasteiger partial charge in [-0.15, -0.1) is 0 Å². The maximum Gasteiger partial charge on any atom is 0.254 e. The molecule has 28 heavy (non-hydrogen) atoms. The molecule has 7 nitrogen and oxygen atoms in total. The Labute approximate surface area is 165 Å². The molecule has 0 bridgehead atoms. The molecule has 1 saturated heterocycles. The van der Waals surface area contributed by atoms with E-state index >= 15 is 0 Å². The maximum atomic E-state index is 4.80. The summed E-state index contributed by atoms with van der Waals surface area (Å²) in [6.07, 6.45) is 6.21. The second-order valence-corrected chi connectivity index (χ2v) is 8.30. The van der Waals surface area contributed by atoms with Gasteiger partial charge in [-0.05, 0) is 69.9 Å². The van der Waals surface area contributed by atoms with Gasteiger partial charge in [-0.25, -0.2) is 9.98 Å². The van der Waals surface area contributed by atoms with Gasteiger partial charge < -0.3 is 10.2 Å². The Hall–Kier alpha value is -2.57. The monoisotopic (exact) mass is 377 g/mol. The van der Waals surface area contributed by atoms with E-state index in [2.05, 4.69) is 45.1 Å². The van der Waals surface area contributed by atoms with Crippen LogP contribution in [0.2, 0.25) is 0 Å². The van der Waals surface area contributed by atoms with Crippen molar-refractivity contribution in [1.82, 2.24) is 19.9 Å². The number of pyridine rings is 1. The molecule has 2 aromatic rings. The van der Waals surface area contributed by atoms with E-state index in [1.54, 1.807) is 0 Å². The fourth-order valence-electron chi connectivity index (χ4n) is 3.53. The summed E-state index contributed by atoms with van der Waals surface area (Å²) in [6.45, 7) is 6.40. The number of anilines is 2. The first kappa shape index (κ1) is 17.5. The Morgan fingerprint density at radius 2 is 1.93 bits per heavy atom. The average molecular weight is 377 g/mol. The minimum Gasteiger partial charge on any atom is -0.356 e. The number of nitrogens with zero attached hydrogens (tertiary/aromatic N) is 6. The summed E-state index contributed by atoms with van der Waals surface area (Å²) < 4.78 is 0. The van der Waals surface area contributed by atoms with Gasteiger partial charge in [0.15, 0.2) is 5.82 Å². The quantitative estimate of drug-likeness (QED) is 0.738. The predicted octanol–water partition coefficient (Wildman–Crippen LogP) is 3.86. The van der Waals surface area contributed by atoms with Crippen LogP contribution in [0.1, 0.15) is 46.0 Å². The van der Waals surface area contributed by atoms with Gasteiger partial charge in [0.05, 0.1) is 0 Å². The van der Waals surface area contributed by atoms with Crippen molar-refractivity contribution in [2.75, 3.05) is 23.3 Å². The van der Waals surface area contributed by atoms with Crippen LogP contribution >= 0.6 is 0 Å². The van der Waals surface area contributed by atoms with Crippen LogP contribution in [-0.2, 0) is 0 Å².